The van der Waals surface area contributed by atoms with Gasteiger partial charge in [0.05, 0.1) is 18.1 Å². The van der Waals surface area contributed by atoms with Gasteiger partial charge in [-0.1, -0.05) is 35.9 Å². The first-order valence-electron chi connectivity index (χ1n) is 8.68. The summed E-state index contributed by atoms with van der Waals surface area (Å²) in [4.78, 5) is 4.76. The van der Waals surface area contributed by atoms with E-state index in [0.717, 1.165) is 28.4 Å². The molecule has 0 aliphatic rings. The second-order valence-electron chi connectivity index (χ2n) is 6.19. The monoisotopic (exact) mass is 378 g/mol. The van der Waals surface area contributed by atoms with Gasteiger partial charge in [0.1, 0.15) is 23.9 Å². The first-order chi connectivity index (χ1) is 13.2. The highest BCUT2D eigenvalue weighted by Gasteiger charge is 2.12. The number of methoxy groups -OCH3 is 1. The lowest BCUT2D eigenvalue weighted by Gasteiger charge is -2.11. The van der Waals surface area contributed by atoms with Crippen molar-refractivity contribution >= 4 is 22.6 Å². The van der Waals surface area contributed by atoms with Crippen molar-refractivity contribution in [1.29, 1.82) is 0 Å². The molecular formula is C22H19ClN2O2. The van der Waals surface area contributed by atoms with Crippen molar-refractivity contribution in [2.75, 3.05) is 7.11 Å². The number of aromatic nitrogens is 2. The highest BCUT2D eigenvalue weighted by Crippen LogP contribution is 2.22. The molecule has 0 spiro atoms. The zero-order chi connectivity index (χ0) is 18.6. The molecule has 1 heterocycles. The minimum atomic E-state index is 0.381. The van der Waals surface area contributed by atoms with Crippen molar-refractivity contribution in [2.24, 2.45) is 0 Å². The molecule has 0 saturated heterocycles. The molecule has 136 valence electrons. The number of hydrogen-bond acceptors (Lipinski definition) is 3. The third-order valence-electron chi connectivity index (χ3n) is 4.41. The van der Waals surface area contributed by atoms with Gasteiger partial charge in [-0.3, -0.25) is 0 Å². The SMILES string of the molecule is COc1ccc(Cn2c(COc3ccc(Cl)cc3)nc3ccccc32)cc1. The molecule has 0 fully saturated rings. The molecular weight excluding hydrogens is 360 g/mol. The summed E-state index contributed by atoms with van der Waals surface area (Å²) in [6.45, 7) is 1.09. The summed E-state index contributed by atoms with van der Waals surface area (Å²) >= 11 is 5.94. The lowest BCUT2D eigenvalue weighted by Crippen LogP contribution is -2.08. The number of para-hydroxylation sites is 2. The van der Waals surface area contributed by atoms with Crippen molar-refractivity contribution in [1.82, 2.24) is 9.55 Å². The molecule has 0 amide bonds. The van der Waals surface area contributed by atoms with Crippen LogP contribution in [-0.4, -0.2) is 16.7 Å². The van der Waals surface area contributed by atoms with Crippen LogP contribution < -0.4 is 9.47 Å². The quantitative estimate of drug-likeness (QED) is 0.455. The Labute approximate surface area is 162 Å². The van der Waals surface area contributed by atoms with Crippen LogP contribution in [0.15, 0.2) is 72.8 Å². The van der Waals surface area contributed by atoms with Crippen molar-refractivity contribution in [3.05, 3.63) is 89.2 Å². The predicted molar refractivity (Wildman–Crippen MR) is 108 cm³/mol. The van der Waals surface area contributed by atoms with E-state index in [-0.39, 0.29) is 0 Å². The maximum Gasteiger partial charge on any atom is 0.148 e. The zero-order valence-electron chi connectivity index (χ0n) is 14.9. The molecule has 0 aliphatic carbocycles. The van der Waals surface area contributed by atoms with Gasteiger partial charge in [0.2, 0.25) is 0 Å². The summed E-state index contributed by atoms with van der Waals surface area (Å²) in [6.07, 6.45) is 0. The van der Waals surface area contributed by atoms with E-state index in [1.54, 1.807) is 7.11 Å². The van der Waals surface area contributed by atoms with Gasteiger partial charge in [0, 0.05) is 11.6 Å². The molecule has 27 heavy (non-hydrogen) atoms. The van der Waals surface area contributed by atoms with E-state index < -0.39 is 0 Å². The molecule has 3 aromatic carbocycles. The number of fused-ring (bicyclic) bond motifs is 1. The summed E-state index contributed by atoms with van der Waals surface area (Å²) in [5.41, 5.74) is 3.22. The third-order valence-corrected chi connectivity index (χ3v) is 4.67. The lowest BCUT2D eigenvalue weighted by molar-refractivity contribution is 0.291. The van der Waals surface area contributed by atoms with Gasteiger partial charge in [-0.25, -0.2) is 4.98 Å². The highest BCUT2D eigenvalue weighted by molar-refractivity contribution is 6.30. The number of hydrogen-bond donors (Lipinski definition) is 0. The van der Waals surface area contributed by atoms with E-state index in [4.69, 9.17) is 26.1 Å². The normalized spacial score (nSPS) is 10.9. The fourth-order valence-electron chi connectivity index (χ4n) is 3.00. The van der Waals surface area contributed by atoms with Crippen LogP contribution in [0.3, 0.4) is 0 Å². The maximum absolute atomic E-state index is 5.94. The Kier molecular flexibility index (Phi) is 4.99. The van der Waals surface area contributed by atoms with Crippen molar-refractivity contribution in [3.63, 3.8) is 0 Å². The molecule has 0 atom stereocenters. The first kappa shape index (κ1) is 17.4. The molecule has 1 aromatic heterocycles. The van der Waals surface area contributed by atoms with E-state index in [1.165, 1.54) is 5.56 Å². The summed E-state index contributed by atoms with van der Waals surface area (Å²) in [5, 5.41) is 0.689. The summed E-state index contributed by atoms with van der Waals surface area (Å²) in [7, 11) is 1.67. The van der Waals surface area contributed by atoms with E-state index in [9.17, 15) is 0 Å². The Bertz CT molecular complexity index is 1040. The average Bonchev–Trinajstić information content (AvgIpc) is 3.06. The maximum atomic E-state index is 5.94. The number of imidazole rings is 1. The zero-order valence-corrected chi connectivity index (χ0v) is 15.7. The number of nitrogens with zero attached hydrogens (tertiary/aromatic N) is 2. The Hall–Kier alpha value is -2.98. The van der Waals surface area contributed by atoms with Gasteiger partial charge >= 0.3 is 0 Å². The van der Waals surface area contributed by atoms with Crippen LogP contribution in [0.25, 0.3) is 11.0 Å². The van der Waals surface area contributed by atoms with Crippen LogP contribution in [0.1, 0.15) is 11.4 Å². The molecule has 4 aromatic rings. The minimum Gasteiger partial charge on any atom is -0.497 e. The van der Waals surface area contributed by atoms with Gasteiger partial charge in [-0.2, -0.15) is 0 Å². The van der Waals surface area contributed by atoms with Crippen molar-refractivity contribution in [2.45, 2.75) is 13.2 Å². The lowest BCUT2D eigenvalue weighted by atomic mass is 10.2. The molecule has 0 aliphatic heterocycles. The fourth-order valence-corrected chi connectivity index (χ4v) is 3.13. The molecule has 5 heteroatoms. The van der Waals surface area contributed by atoms with Crippen LogP contribution >= 0.6 is 11.6 Å². The highest BCUT2D eigenvalue weighted by atomic mass is 35.5. The fraction of sp³-hybridized carbons (Fsp3) is 0.136. The van der Waals surface area contributed by atoms with E-state index in [2.05, 4.69) is 22.8 Å². The Morgan fingerprint density at radius 2 is 1.59 bits per heavy atom. The van der Waals surface area contributed by atoms with Gasteiger partial charge in [-0.15, -0.1) is 0 Å². The summed E-state index contributed by atoms with van der Waals surface area (Å²) in [6, 6.07) is 23.6. The smallest absolute Gasteiger partial charge is 0.148 e. The molecule has 0 radical (unpaired) electrons. The average molecular weight is 379 g/mol. The van der Waals surface area contributed by atoms with Crippen molar-refractivity contribution in [3.8, 4) is 11.5 Å². The number of ether oxygens (including phenoxy) is 2. The van der Waals surface area contributed by atoms with Gasteiger partial charge in [0.25, 0.3) is 0 Å². The van der Waals surface area contributed by atoms with E-state index >= 15 is 0 Å². The Balaban J connectivity index is 1.62. The van der Waals surface area contributed by atoms with E-state index in [1.807, 2.05) is 54.6 Å². The molecule has 0 unspecified atom stereocenters. The largest absolute Gasteiger partial charge is 0.497 e. The molecule has 4 rings (SSSR count). The standard InChI is InChI=1S/C22H19ClN2O2/c1-26-18-10-6-16(7-11-18)14-25-21-5-3-2-4-20(21)24-22(25)15-27-19-12-8-17(23)9-13-19/h2-13H,14-15H2,1H3. The summed E-state index contributed by atoms with van der Waals surface area (Å²) < 4.78 is 13.4. The van der Waals surface area contributed by atoms with Gasteiger partial charge < -0.3 is 14.0 Å². The Morgan fingerprint density at radius 3 is 2.33 bits per heavy atom. The van der Waals surface area contributed by atoms with Gasteiger partial charge in [0.15, 0.2) is 0 Å². The predicted octanol–water partition coefficient (Wildman–Crippen LogP) is 5.33. The molecule has 0 N–H and O–H groups in total. The second-order valence-corrected chi connectivity index (χ2v) is 6.63. The number of halogens is 1. The van der Waals surface area contributed by atoms with Crippen molar-refractivity contribution < 1.29 is 9.47 Å². The minimum absolute atomic E-state index is 0.381. The third kappa shape index (κ3) is 3.91. The van der Waals surface area contributed by atoms with Crippen LogP contribution in [0.4, 0.5) is 0 Å². The summed E-state index contributed by atoms with van der Waals surface area (Å²) in [5.74, 6) is 2.49. The van der Waals surface area contributed by atoms with E-state index in [0.29, 0.717) is 18.2 Å². The Morgan fingerprint density at radius 1 is 0.889 bits per heavy atom. The second kappa shape index (κ2) is 7.72. The van der Waals surface area contributed by atoms with Crippen LogP contribution in [0.5, 0.6) is 11.5 Å². The first-order valence-corrected chi connectivity index (χ1v) is 9.06. The van der Waals surface area contributed by atoms with Crippen LogP contribution in [0.2, 0.25) is 5.02 Å². The topological polar surface area (TPSA) is 36.3 Å². The van der Waals surface area contributed by atoms with Gasteiger partial charge in [-0.05, 0) is 54.1 Å². The van der Waals surface area contributed by atoms with Crippen LogP contribution in [0, 0.1) is 0 Å². The van der Waals surface area contributed by atoms with Crippen LogP contribution in [-0.2, 0) is 13.2 Å². The molecule has 4 nitrogen and oxygen atoms in total. The molecule has 0 bridgehead atoms. The number of rotatable bonds is 6. The number of benzene rings is 3. The molecule has 0 saturated carbocycles.